The molecular formula is C22H44N2O3. The number of nitrogens with zero attached hydrogens (tertiary/aromatic N) is 1. The summed E-state index contributed by atoms with van der Waals surface area (Å²) in [6.07, 6.45) is 5.67. The Kier molecular flexibility index (Phi) is 10.6. The van der Waals surface area contributed by atoms with E-state index in [1.165, 1.54) is 24.2 Å². The van der Waals surface area contributed by atoms with Crippen molar-refractivity contribution in [3.8, 4) is 0 Å². The van der Waals surface area contributed by atoms with Gasteiger partial charge in [0.05, 0.1) is 5.54 Å². The van der Waals surface area contributed by atoms with E-state index in [4.69, 9.17) is 10.5 Å². The van der Waals surface area contributed by atoms with Crippen molar-refractivity contribution in [3.63, 3.8) is 0 Å². The summed E-state index contributed by atoms with van der Waals surface area (Å²) in [7, 11) is 1.58. The number of hydrogen-bond acceptors (Lipinski definition) is 4. The quantitative estimate of drug-likeness (QED) is 0.507. The van der Waals surface area contributed by atoms with E-state index in [0.717, 1.165) is 24.7 Å². The van der Waals surface area contributed by atoms with Crippen LogP contribution in [0.2, 0.25) is 0 Å². The van der Waals surface area contributed by atoms with Crippen LogP contribution in [0, 0.1) is 17.8 Å². The van der Waals surface area contributed by atoms with Crippen LogP contribution in [-0.2, 0) is 14.3 Å². The molecule has 0 aromatic carbocycles. The Morgan fingerprint density at radius 3 is 2.00 bits per heavy atom. The molecule has 0 saturated carbocycles. The fourth-order valence-electron chi connectivity index (χ4n) is 3.65. The highest BCUT2D eigenvalue weighted by atomic mass is 16.6. The molecule has 27 heavy (non-hydrogen) atoms. The number of amides is 1. The molecule has 160 valence electrons. The first kappa shape index (κ1) is 25.9. The lowest BCUT2D eigenvalue weighted by Gasteiger charge is -2.31. The molecule has 0 heterocycles. The molecule has 5 nitrogen and oxygen atoms in total. The zero-order valence-electron chi connectivity index (χ0n) is 19.2. The molecule has 0 radical (unpaired) electrons. The van der Waals surface area contributed by atoms with Crippen LogP contribution in [0.4, 0.5) is 0 Å². The van der Waals surface area contributed by atoms with Crippen molar-refractivity contribution < 1.29 is 14.3 Å². The molecule has 0 unspecified atom stereocenters. The van der Waals surface area contributed by atoms with Crippen LogP contribution in [0.1, 0.15) is 87.5 Å². The van der Waals surface area contributed by atoms with Crippen LogP contribution in [-0.4, -0.2) is 41.5 Å². The lowest BCUT2D eigenvalue weighted by molar-refractivity contribution is -0.161. The molecule has 0 aliphatic rings. The number of esters is 1. The Morgan fingerprint density at radius 2 is 1.52 bits per heavy atom. The van der Waals surface area contributed by atoms with Crippen LogP contribution in [0.3, 0.4) is 0 Å². The molecule has 0 saturated heterocycles. The van der Waals surface area contributed by atoms with Crippen molar-refractivity contribution in [2.24, 2.45) is 23.5 Å². The van der Waals surface area contributed by atoms with Crippen LogP contribution >= 0.6 is 0 Å². The number of carbonyl (C=O) groups is 2. The fraction of sp³-hybridized carbons (Fsp3) is 0.909. The maximum absolute atomic E-state index is 12.3. The topological polar surface area (TPSA) is 72.6 Å². The van der Waals surface area contributed by atoms with Crippen molar-refractivity contribution in [1.82, 2.24) is 4.90 Å². The van der Waals surface area contributed by atoms with E-state index in [-0.39, 0.29) is 12.5 Å². The van der Waals surface area contributed by atoms with E-state index >= 15 is 0 Å². The Bertz CT molecular complexity index is 469. The molecule has 5 heteroatoms. The van der Waals surface area contributed by atoms with Gasteiger partial charge in [0.25, 0.3) is 0 Å². The van der Waals surface area contributed by atoms with Crippen molar-refractivity contribution in [3.05, 3.63) is 0 Å². The van der Waals surface area contributed by atoms with E-state index in [0.29, 0.717) is 5.92 Å². The number of ether oxygens (including phenoxy) is 1. The maximum atomic E-state index is 12.3. The second-order valence-corrected chi connectivity index (χ2v) is 9.75. The predicted octanol–water partition coefficient (Wildman–Crippen LogP) is 4.38. The highest BCUT2D eigenvalue weighted by molar-refractivity contribution is 5.88. The van der Waals surface area contributed by atoms with Gasteiger partial charge in [-0.2, -0.15) is 0 Å². The van der Waals surface area contributed by atoms with E-state index in [1.807, 2.05) is 13.8 Å². The van der Waals surface area contributed by atoms with E-state index in [1.54, 1.807) is 20.9 Å². The van der Waals surface area contributed by atoms with Gasteiger partial charge in [0.15, 0.2) is 0 Å². The second-order valence-electron chi connectivity index (χ2n) is 9.75. The number of hydrogen-bond donors (Lipinski definition) is 1. The van der Waals surface area contributed by atoms with Gasteiger partial charge >= 0.3 is 5.97 Å². The van der Waals surface area contributed by atoms with Crippen molar-refractivity contribution >= 4 is 11.9 Å². The van der Waals surface area contributed by atoms with Crippen LogP contribution in [0.15, 0.2) is 0 Å². The number of carbonyl (C=O) groups excluding carboxylic acids is 2. The zero-order valence-corrected chi connectivity index (χ0v) is 19.2. The van der Waals surface area contributed by atoms with Crippen molar-refractivity contribution in [2.75, 3.05) is 13.6 Å². The summed E-state index contributed by atoms with van der Waals surface area (Å²) in [4.78, 5) is 25.7. The molecule has 0 rings (SSSR count). The minimum atomic E-state index is -0.995. The molecule has 3 atom stereocenters. The first-order valence-corrected chi connectivity index (χ1v) is 10.5. The van der Waals surface area contributed by atoms with Gasteiger partial charge in [-0.05, 0) is 51.9 Å². The highest BCUT2D eigenvalue weighted by Crippen LogP contribution is 2.28. The molecule has 1 amide bonds. The first-order valence-electron chi connectivity index (χ1n) is 10.5. The smallest absolute Gasteiger partial charge is 0.326 e. The van der Waals surface area contributed by atoms with Crippen molar-refractivity contribution in [2.45, 2.75) is 98.6 Å². The van der Waals surface area contributed by atoms with Gasteiger partial charge in [-0.1, -0.05) is 53.4 Å². The SMILES string of the molecule is CCC[C@H](C)[C@@H](C)CC[C@H](C)CC(C)(C)OC(=O)CN(C)C(=O)C(C)(C)N. The Hall–Kier alpha value is -1.10. The molecule has 0 aromatic heterocycles. The van der Waals surface area contributed by atoms with Gasteiger partial charge < -0.3 is 15.4 Å². The zero-order chi connectivity index (χ0) is 21.4. The average molecular weight is 385 g/mol. The largest absolute Gasteiger partial charge is 0.458 e. The van der Waals surface area contributed by atoms with Crippen LogP contribution in [0.25, 0.3) is 0 Å². The Balaban J connectivity index is 4.45. The van der Waals surface area contributed by atoms with Crippen LogP contribution < -0.4 is 5.73 Å². The standard InChI is InChI=1S/C22H44N2O3/c1-10-11-17(3)18(4)13-12-16(2)14-21(5,6)27-19(25)15-24(9)20(26)22(7,8)23/h16-18H,10-15,23H2,1-9H3/t16-,17-,18-/m0/s1. The molecule has 0 aromatic rings. The third-order valence-electron chi connectivity index (χ3n) is 5.32. The van der Waals surface area contributed by atoms with Crippen molar-refractivity contribution in [1.29, 1.82) is 0 Å². The summed E-state index contributed by atoms with van der Waals surface area (Å²) in [5.74, 6) is 1.29. The molecule has 0 aliphatic heterocycles. The summed E-state index contributed by atoms with van der Waals surface area (Å²) in [6, 6.07) is 0. The monoisotopic (exact) mass is 384 g/mol. The minimum absolute atomic E-state index is 0.0805. The maximum Gasteiger partial charge on any atom is 0.326 e. The molecular weight excluding hydrogens is 340 g/mol. The van der Waals surface area contributed by atoms with E-state index in [2.05, 4.69) is 27.7 Å². The van der Waals surface area contributed by atoms with E-state index < -0.39 is 17.1 Å². The third-order valence-corrected chi connectivity index (χ3v) is 5.32. The molecule has 0 spiro atoms. The number of nitrogens with two attached hydrogens (primary N) is 1. The van der Waals surface area contributed by atoms with Gasteiger partial charge in [0.1, 0.15) is 12.1 Å². The highest BCUT2D eigenvalue weighted by Gasteiger charge is 2.30. The number of rotatable bonds is 12. The lowest BCUT2D eigenvalue weighted by atomic mass is 9.84. The average Bonchev–Trinajstić information content (AvgIpc) is 2.49. The lowest BCUT2D eigenvalue weighted by Crippen LogP contribution is -2.51. The Labute approximate surface area is 167 Å². The van der Waals surface area contributed by atoms with Gasteiger partial charge in [-0.15, -0.1) is 0 Å². The fourth-order valence-corrected chi connectivity index (χ4v) is 3.65. The summed E-state index contributed by atoms with van der Waals surface area (Å²) in [6.45, 7) is 16.2. The number of likely N-dealkylation sites (N-methyl/N-ethyl adjacent to an activating group) is 1. The second kappa shape index (κ2) is 11.0. The van der Waals surface area contributed by atoms with E-state index in [9.17, 15) is 9.59 Å². The Morgan fingerprint density at radius 1 is 1.00 bits per heavy atom. The normalized spacial score (nSPS) is 15.8. The molecule has 0 bridgehead atoms. The van der Waals surface area contributed by atoms with Gasteiger partial charge in [-0.3, -0.25) is 9.59 Å². The van der Waals surface area contributed by atoms with Crippen LogP contribution in [0.5, 0.6) is 0 Å². The first-order chi connectivity index (χ1) is 12.2. The molecule has 0 fully saturated rings. The molecule has 2 N–H and O–H groups in total. The van der Waals surface area contributed by atoms with Gasteiger partial charge in [0.2, 0.25) is 5.91 Å². The van der Waals surface area contributed by atoms with Gasteiger partial charge in [-0.25, -0.2) is 0 Å². The minimum Gasteiger partial charge on any atom is -0.458 e. The summed E-state index contributed by atoms with van der Waals surface area (Å²) in [5.41, 5.74) is 4.26. The summed E-state index contributed by atoms with van der Waals surface area (Å²) >= 11 is 0. The summed E-state index contributed by atoms with van der Waals surface area (Å²) in [5, 5.41) is 0. The molecule has 0 aliphatic carbocycles. The third kappa shape index (κ3) is 10.7. The predicted molar refractivity (Wildman–Crippen MR) is 112 cm³/mol. The van der Waals surface area contributed by atoms with Gasteiger partial charge in [0, 0.05) is 7.05 Å². The summed E-state index contributed by atoms with van der Waals surface area (Å²) < 4.78 is 5.66.